The molecular formula is C21H32N2O4. The summed E-state index contributed by atoms with van der Waals surface area (Å²) in [5.74, 6) is 1.52. The Morgan fingerprint density at radius 2 is 1.96 bits per heavy atom. The Bertz CT molecular complexity index is 610. The number of nitrogens with zero attached hydrogens (tertiary/aromatic N) is 1. The van der Waals surface area contributed by atoms with Crippen LogP contribution in [0.15, 0.2) is 18.2 Å². The smallest absolute Gasteiger partial charge is 0.222 e. The van der Waals surface area contributed by atoms with Gasteiger partial charge in [-0.3, -0.25) is 9.69 Å². The topological polar surface area (TPSA) is 60.0 Å². The molecule has 2 heterocycles. The van der Waals surface area contributed by atoms with Gasteiger partial charge in [-0.25, -0.2) is 0 Å². The molecule has 2 aliphatic heterocycles. The molecule has 0 radical (unpaired) electrons. The standard InChI is InChI=1S/C21H32N2O4/c1-25-19-9-8-16(13-20(19)26-2)18(23-10-4-5-11-23)15-22-21(24)14-17-7-3-6-12-27-17/h8-9,13,17-18H,3-7,10-12,14-15H2,1-2H3,(H,22,24). The summed E-state index contributed by atoms with van der Waals surface area (Å²) in [6.07, 6.45) is 6.18. The molecule has 3 rings (SSSR count). The maximum Gasteiger partial charge on any atom is 0.222 e. The predicted octanol–water partition coefficient (Wildman–Crippen LogP) is 2.92. The monoisotopic (exact) mass is 376 g/mol. The second-order valence-corrected chi connectivity index (χ2v) is 7.37. The van der Waals surface area contributed by atoms with Crippen LogP contribution in [0.4, 0.5) is 0 Å². The molecule has 0 saturated carbocycles. The maximum atomic E-state index is 12.4. The number of rotatable bonds is 8. The van der Waals surface area contributed by atoms with Crippen LogP contribution in [-0.2, 0) is 9.53 Å². The first-order valence-corrected chi connectivity index (χ1v) is 10.1. The summed E-state index contributed by atoms with van der Waals surface area (Å²) in [6.45, 7) is 3.49. The summed E-state index contributed by atoms with van der Waals surface area (Å²) < 4.78 is 16.5. The molecule has 1 amide bonds. The summed E-state index contributed by atoms with van der Waals surface area (Å²) in [5.41, 5.74) is 1.14. The molecule has 0 aliphatic carbocycles. The molecule has 0 bridgehead atoms. The molecule has 27 heavy (non-hydrogen) atoms. The second kappa shape index (κ2) is 9.95. The van der Waals surface area contributed by atoms with Crippen molar-refractivity contribution in [1.82, 2.24) is 10.2 Å². The van der Waals surface area contributed by atoms with Crippen molar-refractivity contribution in [2.24, 2.45) is 0 Å². The highest BCUT2D eigenvalue weighted by atomic mass is 16.5. The van der Waals surface area contributed by atoms with Gasteiger partial charge in [-0.1, -0.05) is 6.07 Å². The molecule has 2 fully saturated rings. The van der Waals surface area contributed by atoms with Gasteiger partial charge in [-0.2, -0.15) is 0 Å². The Hall–Kier alpha value is -1.79. The van der Waals surface area contributed by atoms with Gasteiger partial charge in [0.15, 0.2) is 11.5 Å². The Morgan fingerprint density at radius 3 is 2.63 bits per heavy atom. The van der Waals surface area contributed by atoms with Gasteiger partial charge in [0, 0.05) is 13.2 Å². The zero-order chi connectivity index (χ0) is 19.1. The molecule has 6 nitrogen and oxygen atoms in total. The van der Waals surface area contributed by atoms with Gasteiger partial charge in [-0.15, -0.1) is 0 Å². The van der Waals surface area contributed by atoms with Crippen LogP contribution in [0.5, 0.6) is 11.5 Å². The predicted molar refractivity (Wildman–Crippen MR) is 104 cm³/mol. The van der Waals surface area contributed by atoms with Crippen LogP contribution in [0.3, 0.4) is 0 Å². The van der Waals surface area contributed by atoms with E-state index < -0.39 is 0 Å². The Morgan fingerprint density at radius 1 is 1.19 bits per heavy atom. The van der Waals surface area contributed by atoms with Crippen molar-refractivity contribution in [3.05, 3.63) is 23.8 Å². The molecule has 1 N–H and O–H groups in total. The van der Waals surface area contributed by atoms with Crippen molar-refractivity contribution in [2.75, 3.05) is 40.5 Å². The molecule has 6 heteroatoms. The molecule has 2 aliphatic rings. The first kappa shape index (κ1) is 20.0. The number of hydrogen-bond donors (Lipinski definition) is 1. The highest BCUT2D eigenvalue weighted by molar-refractivity contribution is 5.76. The quantitative estimate of drug-likeness (QED) is 0.756. The lowest BCUT2D eigenvalue weighted by Gasteiger charge is -2.29. The van der Waals surface area contributed by atoms with E-state index >= 15 is 0 Å². The Balaban J connectivity index is 1.65. The first-order valence-electron chi connectivity index (χ1n) is 10.1. The molecule has 2 atom stereocenters. The minimum atomic E-state index is 0.0741. The third kappa shape index (κ3) is 5.36. The van der Waals surface area contributed by atoms with E-state index in [2.05, 4.69) is 16.3 Å². The van der Waals surface area contributed by atoms with Crippen molar-refractivity contribution in [1.29, 1.82) is 0 Å². The van der Waals surface area contributed by atoms with Crippen molar-refractivity contribution in [3.63, 3.8) is 0 Å². The normalized spacial score (nSPS) is 21.6. The van der Waals surface area contributed by atoms with Crippen LogP contribution in [0.2, 0.25) is 0 Å². The summed E-state index contributed by atoms with van der Waals surface area (Å²) in [4.78, 5) is 14.9. The number of carbonyl (C=O) groups is 1. The van der Waals surface area contributed by atoms with Crippen molar-refractivity contribution < 1.29 is 19.0 Å². The van der Waals surface area contributed by atoms with E-state index in [0.717, 1.165) is 56.0 Å². The van der Waals surface area contributed by atoms with Crippen molar-refractivity contribution in [3.8, 4) is 11.5 Å². The molecule has 1 aromatic rings. The van der Waals surface area contributed by atoms with Gasteiger partial charge in [0.25, 0.3) is 0 Å². The lowest BCUT2D eigenvalue weighted by atomic mass is 10.0. The number of carbonyl (C=O) groups excluding carboxylic acids is 1. The SMILES string of the molecule is COc1ccc(C(CNC(=O)CC2CCCCO2)N2CCCC2)cc1OC. The Kier molecular flexibility index (Phi) is 7.35. The number of hydrogen-bond acceptors (Lipinski definition) is 5. The third-order valence-electron chi connectivity index (χ3n) is 5.55. The molecule has 2 saturated heterocycles. The van der Waals surface area contributed by atoms with E-state index in [0.29, 0.717) is 13.0 Å². The average Bonchev–Trinajstić information content (AvgIpc) is 3.23. The fourth-order valence-electron chi connectivity index (χ4n) is 4.03. The molecule has 0 aromatic heterocycles. The Labute approximate surface area is 162 Å². The second-order valence-electron chi connectivity index (χ2n) is 7.37. The van der Waals surface area contributed by atoms with E-state index in [1.807, 2.05) is 12.1 Å². The van der Waals surface area contributed by atoms with E-state index in [1.165, 1.54) is 12.8 Å². The van der Waals surface area contributed by atoms with Gasteiger partial charge in [-0.05, 0) is 62.9 Å². The summed E-state index contributed by atoms with van der Waals surface area (Å²) in [7, 11) is 3.29. The van der Waals surface area contributed by atoms with Crippen LogP contribution in [-0.4, -0.2) is 57.4 Å². The molecule has 0 spiro atoms. The summed E-state index contributed by atoms with van der Waals surface area (Å²) in [5, 5.41) is 3.14. The van der Waals surface area contributed by atoms with Gasteiger partial charge >= 0.3 is 0 Å². The zero-order valence-electron chi connectivity index (χ0n) is 16.5. The molecule has 1 aromatic carbocycles. The van der Waals surface area contributed by atoms with Gasteiger partial charge < -0.3 is 19.5 Å². The van der Waals surface area contributed by atoms with E-state index in [9.17, 15) is 4.79 Å². The number of benzene rings is 1. The summed E-state index contributed by atoms with van der Waals surface area (Å²) >= 11 is 0. The fourth-order valence-corrected chi connectivity index (χ4v) is 4.03. The highest BCUT2D eigenvalue weighted by Gasteiger charge is 2.26. The van der Waals surface area contributed by atoms with Crippen LogP contribution in [0.25, 0.3) is 0 Å². The number of methoxy groups -OCH3 is 2. The van der Waals surface area contributed by atoms with Crippen molar-refractivity contribution >= 4 is 5.91 Å². The van der Waals surface area contributed by atoms with E-state index in [4.69, 9.17) is 14.2 Å². The maximum absolute atomic E-state index is 12.4. The number of nitrogens with one attached hydrogen (secondary N) is 1. The number of ether oxygens (including phenoxy) is 3. The van der Waals surface area contributed by atoms with Crippen LogP contribution in [0.1, 0.15) is 50.1 Å². The van der Waals surface area contributed by atoms with Gasteiger partial charge in [0.2, 0.25) is 5.91 Å². The molecule has 2 unspecified atom stereocenters. The van der Waals surface area contributed by atoms with E-state index in [-0.39, 0.29) is 18.1 Å². The van der Waals surface area contributed by atoms with Gasteiger partial charge in [0.05, 0.1) is 32.8 Å². The zero-order valence-corrected chi connectivity index (χ0v) is 16.5. The minimum absolute atomic E-state index is 0.0741. The number of likely N-dealkylation sites (tertiary alicyclic amines) is 1. The van der Waals surface area contributed by atoms with Crippen LogP contribution < -0.4 is 14.8 Å². The highest BCUT2D eigenvalue weighted by Crippen LogP contribution is 2.33. The lowest BCUT2D eigenvalue weighted by molar-refractivity contribution is -0.125. The molecular weight excluding hydrogens is 344 g/mol. The third-order valence-corrected chi connectivity index (χ3v) is 5.55. The largest absolute Gasteiger partial charge is 0.493 e. The fraction of sp³-hybridized carbons (Fsp3) is 0.667. The van der Waals surface area contributed by atoms with Gasteiger partial charge in [0.1, 0.15) is 0 Å². The van der Waals surface area contributed by atoms with Crippen LogP contribution >= 0.6 is 0 Å². The van der Waals surface area contributed by atoms with E-state index in [1.54, 1.807) is 14.2 Å². The van der Waals surface area contributed by atoms with Crippen molar-refractivity contribution in [2.45, 2.75) is 50.7 Å². The summed E-state index contributed by atoms with van der Waals surface area (Å²) in [6, 6.07) is 6.18. The van der Waals surface area contributed by atoms with Crippen LogP contribution in [0, 0.1) is 0 Å². The molecule has 150 valence electrons. The number of amides is 1. The minimum Gasteiger partial charge on any atom is -0.493 e. The average molecular weight is 376 g/mol. The first-order chi connectivity index (χ1) is 13.2. The lowest BCUT2D eigenvalue weighted by Crippen LogP contribution is -2.38.